The zero-order valence-corrected chi connectivity index (χ0v) is 9.17. The summed E-state index contributed by atoms with van der Waals surface area (Å²) >= 11 is 0. The fraction of sp³-hybridized carbons (Fsp3) is 0.538. The molecule has 0 spiro atoms. The third-order valence-electron chi connectivity index (χ3n) is 2.17. The van der Waals surface area contributed by atoms with E-state index in [9.17, 15) is 0 Å². The van der Waals surface area contributed by atoms with Crippen LogP contribution in [0.4, 0.5) is 0 Å². The summed E-state index contributed by atoms with van der Waals surface area (Å²) in [6.07, 6.45) is 12.4. The van der Waals surface area contributed by atoms with Gasteiger partial charge in [0.25, 0.3) is 0 Å². The molecule has 0 aliphatic heterocycles. The predicted octanol–water partition coefficient (Wildman–Crippen LogP) is 4.11. The van der Waals surface area contributed by atoms with Crippen LogP contribution in [0.25, 0.3) is 0 Å². The van der Waals surface area contributed by atoms with Crippen molar-refractivity contribution in [1.82, 2.24) is 0 Å². The van der Waals surface area contributed by atoms with Crippen LogP contribution in [-0.4, -0.2) is 0 Å². The van der Waals surface area contributed by atoms with Crippen molar-refractivity contribution < 1.29 is 0 Å². The normalized spacial score (nSPS) is 22.8. The summed E-state index contributed by atoms with van der Waals surface area (Å²) in [6, 6.07) is 0. The minimum absolute atomic E-state index is 0.414. The molecule has 0 saturated carbocycles. The molecule has 0 aromatic rings. The van der Waals surface area contributed by atoms with Gasteiger partial charge in [-0.25, -0.2) is 0 Å². The van der Waals surface area contributed by atoms with Gasteiger partial charge in [0.05, 0.1) is 0 Å². The Morgan fingerprint density at radius 1 is 1.23 bits per heavy atom. The summed E-state index contributed by atoms with van der Waals surface area (Å²) in [5.41, 5.74) is 1.75. The summed E-state index contributed by atoms with van der Waals surface area (Å²) in [7, 11) is 0. The van der Waals surface area contributed by atoms with Crippen LogP contribution in [0.3, 0.4) is 0 Å². The Hall–Kier alpha value is -0.780. The Balaban J connectivity index is 2.61. The van der Waals surface area contributed by atoms with Crippen LogP contribution in [0.2, 0.25) is 0 Å². The van der Waals surface area contributed by atoms with Gasteiger partial charge in [-0.1, -0.05) is 56.7 Å². The molecular weight excluding hydrogens is 156 g/mol. The highest BCUT2D eigenvalue weighted by atomic mass is 14.2. The molecule has 0 radical (unpaired) electrons. The molecule has 1 aliphatic carbocycles. The Morgan fingerprint density at radius 3 is 2.54 bits per heavy atom. The van der Waals surface area contributed by atoms with Gasteiger partial charge < -0.3 is 0 Å². The molecule has 0 N–H and O–H groups in total. The molecule has 13 heavy (non-hydrogen) atoms. The zero-order valence-electron chi connectivity index (χ0n) is 9.17. The Labute approximate surface area is 82.0 Å². The van der Waals surface area contributed by atoms with Gasteiger partial charge in [0, 0.05) is 0 Å². The average molecular weight is 176 g/mol. The lowest BCUT2D eigenvalue weighted by molar-refractivity contribution is 0.351. The molecule has 0 nitrogen and oxygen atoms in total. The largest absolute Gasteiger partial charge is 0.0776 e. The quantitative estimate of drug-likeness (QED) is 0.564. The monoisotopic (exact) mass is 176 g/mol. The van der Waals surface area contributed by atoms with Crippen LogP contribution in [0.1, 0.15) is 34.1 Å². The SMILES string of the molecule is CC1=CC=CC(CC(C)(C)C)C=C1. The van der Waals surface area contributed by atoms with Crippen molar-refractivity contribution in [1.29, 1.82) is 0 Å². The molecule has 1 atom stereocenters. The molecule has 1 unspecified atom stereocenters. The maximum Gasteiger partial charge on any atom is -0.00422 e. The van der Waals surface area contributed by atoms with E-state index in [1.54, 1.807) is 0 Å². The summed E-state index contributed by atoms with van der Waals surface area (Å²) in [6.45, 7) is 9.01. The van der Waals surface area contributed by atoms with E-state index in [0.717, 1.165) is 0 Å². The molecular formula is C13H20. The van der Waals surface area contributed by atoms with Crippen molar-refractivity contribution in [2.45, 2.75) is 34.1 Å². The topological polar surface area (TPSA) is 0 Å². The van der Waals surface area contributed by atoms with Crippen LogP contribution in [0.5, 0.6) is 0 Å². The van der Waals surface area contributed by atoms with Gasteiger partial charge in [-0.05, 0) is 24.7 Å². The first kappa shape index (κ1) is 10.3. The average Bonchev–Trinajstić information content (AvgIpc) is 2.12. The van der Waals surface area contributed by atoms with Crippen molar-refractivity contribution in [3.63, 3.8) is 0 Å². The second-order valence-corrected chi connectivity index (χ2v) is 5.08. The number of hydrogen-bond donors (Lipinski definition) is 0. The first-order valence-corrected chi connectivity index (χ1v) is 5.01. The van der Waals surface area contributed by atoms with Crippen LogP contribution in [-0.2, 0) is 0 Å². The minimum Gasteiger partial charge on any atom is -0.0776 e. The van der Waals surface area contributed by atoms with E-state index in [1.165, 1.54) is 12.0 Å². The van der Waals surface area contributed by atoms with Crippen LogP contribution >= 0.6 is 0 Å². The van der Waals surface area contributed by atoms with E-state index in [1.807, 2.05) is 0 Å². The van der Waals surface area contributed by atoms with E-state index in [-0.39, 0.29) is 0 Å². The maximum atomic E-state index is 2.31. The van der Waals surface area contributed by atoms with E-state index in [2.05, 4.69) is 58.1 Å². The molecule has 1 rings (SSSR count). The zero-order chi connectivity index (χ0) is 9.90. The van der Waals surface area contributed by atoms with E-state index in [0.29, 0.717) is 11.3 Å². The molecule has 0 saturated heterocycles. The third kappa shape index (κ3) is 4.12. The highest BCUT2D eigenvalue weighted by molar-refractivity contribution is 5.27. The second-order valence-electron chi connectivity index (χ2n) is 5.08. The first-order valence-electron chi connectivity index (χ1n) is 5.01. The molecule has 0 aromatic heterocycles. The van der Waals surface area contributed by atoms with E-state index in [4.69, 9.17) is 0 Å². The summed E-state index contributed by atoms with van der Waals surface area (Å²) in [5.74, 6) is 0.605. The van der Waals surface area contributed by atoms with Crippen LogP contribution in [0, 0.1) is 11.3 Å². The summed E-state index contributed by atoms with van der Waals surface area (Å²) in [4.78, 5) is 0. The molecule has 0 bridgehead atoms. The van der Waals surface area contributed by atoms with E-state index < -0.39 is 0 Å². The number of allylic oxidation sites excluding steroid dienone is 6. The molecule has 1 aliphatic rings. The lowest BCUT2D eigenvalue weighted by Gasteiger charge is -2.21. The molecule has 0 fully saturated rings. The lowest BCUT2D eigenvalue weighted by atomic mass is 9.84. The Kier molecular flexibility index (Phi) is 3.13. The minimum atomic E-state index is 0.414. The Morgan fingerprint density at radius 2 is 1.92 bits per heavy atom. The van der Waals surface area contributed by atoms with Gasteiger partial charge in [-0.3, -0.25) is 0 Å². The summed E-state index contributed by atoms with van der Waals surface area (Å²) in [5, 5.41) is 0. The van der Waals surface area contributed by atoms with Gasteiger partial charge in [0.2, 0.25) is 0 Å². The molecule has 0 amide bonds. The number of rotatable bonds is 1. The molecule has 0 heterocycles. The van der Waals surface area contributed by atoms with Gasteiger partial charge >= 0.3 is 0 Å². The Bertz CT molecular complexity index is 246. The lowest BCUT2D eigenvalue weighted by Crippen LogP contribution is -2.09. The van der Waals surface area contributed by atoms with E-state index >= 15 is 0 Å². The number of hydrogen-bond acceptors (Lipinski definition) is 0. The fourth-order valence-electron chi connectivity index (χ4n) is 1.59. The predicted molar refractivity (Wildman–Crippen MR) is 59.6 cm³/mol. The highest BCUT2D eigenvalue weighted by Gasteiger charge is 2.14. The second kappa shape index (κ2) is 3.95. The van der Waals surface area contributed by atoms with Crippen molar-refractivity contribution in [3.05, 3.63) is 36.0 Å². The van der Waals surface area contributed by atoms with Crippen molar-refractivity contribution >= 4 is 0 Å². The van der Waals surface area contributed by atoms with Gasteiger partial charge in [0.15, 0.2) is 0 Å². The van der Waals surface area contributed by atoms with Crippen molar-refractivity contribution in [2.75, 3.05) is 0 Å². The molecule has 0 heteroatoms. The van der Waals surface area contributed by atoms with Gasteiger partial charge in [0.1, 0.15) is 0 Å². The van der Waals surface area contributed by atoms with Crippen molar-refractivity contribution in [3.8, 4) is 0 Å². The molecule has 72 valence electrons. The van der Waals surface area contributed by atoms with Crippen LogP contribution < -0.4 is 0 Å². The highest BCUT2D eigenvalue weighted by Crippen LogP contribution is 2.27. The first-order chi connectivity index (χ1) is 5.97. The maximum absolute atomic E-state index is 2.31. The van der Waals surface area contributed by atoms with Gasteiger partial charge in [-0.15, -0.1) is 0 Å². The standard InChI is InChI=1S/C13H20/c1-11-6-5-7-12(9-8-11)10-13(2,3)4/h5-9,12H,10H2,1-4H3. The van der Waals surface area contributed by atoms with Gasteiger partial charge in [-0.2, -0.15) is 0 Å². The third-order valence-corrected chi connectivity index (χ3v) is 2.17. The smallest absolute Gasteiger partial charge is 0.00422 e. The van der Waals surface area contributed by atoms with Crippen LogP contribution in [0.15, 0.2) is 36.0 Å². The fourth-order valence-corrected chi connectivity index (χ4v) is 1.59. The van der Waals surface area contributed by atoms with Crippen molar-refractivity contribution in [2.24, 2.45) is 11.3 Å². The summed E-state index contributed by atoms with van der Waals surface area (Å²) < 4.78 is 0. The molecule has 0 aromatic carbocycles.